The highest BCUT2D eigenvalue weighted by molar-refractivity contribution is 7.81. The summed E-state index contributed by atoms with van der Waals surface area (Å²) in [5, 5.41) is 0.529. The van der Waals surface area contributed by atoms with Crippen LogP contribution in [0.15, 0.2) is 48.1 Å². The van der Waals surface area contributed by atoms with Crippen molar-refractivity contribution in [2.45, 2.75) is 13.8 Å². The smallest absolute Gasteiger partial charge is 0.197 e. The number of thiazole rings is 1. The molecule has 0 amide bonds. The van der Waals surface area contributed by atoms with Crippen LogP contribution in [0.2, 0.25) is 0 Å². The van der Waals surface area contributed by atoms with Gasteiger partial charge in [-0.3, -0.25) is 4.79 Å². The number of carbonyl (C=O) groups is 1. The predicted molar refractivity (Wildman–Crippen MR) is 96.3 cm³/mol. The van der Waals surface area contributed by atoms with Crippen LogP contribution in [0.3, 0.4) is 0 Å². The van der Waals surface area contributed by atoms with Crippen LogP contribution < -0.4 is 5.73 Å². The van der Waals surface area contributed by atoms with E-state index in [0.29, 0.717) is 15.6 Å². The zero-order valence-electron chi connectivity index (χ0n) is 12.4. The second kappa shape index (κ2) is 7.24. The summed E-state index contributed by atoms with van der Waals surface area (Å²) in [5.74, 6) is -0.0849. The highest BCUT2D eigenvalue weighted by Gasteiger charge is 2.14. The fraction of sp³-hybridized carbons (Fsp3) is 0.118. The van der Waals surface area contributed by atoms with Gasteiger partial charge in [-0.1, -0.05) is 60.3 Å². The van der Waals surface area contributed by atoms with Crippen LogP contribution >= 0.6 is 23.6 Å². The first kappa shape index (κ1) is 16.3. The number of thiocarbonyl (C=S) groups is 1. The van der Waals surface area contributed by atoms with Gasteiger partial charge in [-0.2, -0.15) is 0 Å². The molecule has 22 heavy (non-hydrogen) atoms. The number of aryl methyl sites for hydroxylation is 1. The molecule has 2 rings (SSSR count). The Hall–Kier alpha value is -2.11. The minimum absolute atomic E-state index is 0.0849. The van der Waals surface area contributed by atoms with E-state index in [4.69, 9.17) is 18.0 Å². The summed E-state index contributed by atoms with van der Waals surface area (Å²) in [7, 11) is 0. The molecule has 0 atom stereocenters. The average molecular weight is 328 g/mol. The molecule has 0 saturated heterocycles. The number of ketones is 1. The van der Waals surface area contributed by atoms with Gasteiger partial charge in [0.2, 0.25) is 0 Å². The number of aromatic nitrogens is 1. The maximum absolute atomic E-state index is 12.2. The second-order valence-electron chi connectivity index (χ2n) is 4.79. The van der Waals surface area contributed by atoms with Crippen molar-refractivity contribution in [2.24, 2.45) is 5.73 Å². The fourth-order valence-electron chi connectivity index (χ4n) is 1.87. The van der Waals surface area contributed by atoms with E-state index in [1.54, 1.807) is 19.1 Å². The van der Waals surface area contributed by atoms with Gasteiger partial charge in [0.1, 0.15) is 4.99 Å². The van der Waals surface area contributed by atoms with Crippen molar-refractivity contribution >= 4 is 40.4 Å². The highest BCUT2D eigenvalue weighted by Crippen LogP contribution is 2.19. The lowest BCUT2D eigenvalue weighted by molar-refractivity contribution is 0.104. The van der Waals surface area contributed by atoms with Crippen molar-refractivity contribution in [3.8, 4) is 0 Å². The minimum Gasteiger partial charge on any atom is -0.387 e. The molecule has 0 fully saturated rings. The first-order valence-electron chi connectivity index (χ1n) is 6.70. The maximum atomic E-state index is 12.2. The fourth-order valence-corrected chi connectivity index (χ4v) is 2.88. The number of nitrogens with zero attached hydrogens (tertiary/aromatic N) is 1. The number of rotatable bonds is 5. The van der Waals surface area contributed by atoms with Crippen LogP contribution in [0.25, 0.3) is 6.08 Å². The number of benzene rings is 1. The molecule has 0 spiro atoms. The van der Waals surface area contributed by atoms with Gasteiger partial charge in [0.15, 0.2) is 10.8 Å². The standard InChI is InChI=1S/C17H16N2OS2/c1-11(10-13-6-4-3-5-7-13)8-9-14(20)15-12(2)19-17(22-15)16(18)21/h3-10H,1-2H3,(H2,18,21)/b9-8?,11-10+. The maximum Gasteiger partial charge on any atom is 0.197 e. The quantitative estimate of drug-likeness (QED) is 0.391. The zero-order valence-corrected chi connectivity index (χ0v) is 14.0. The number of carbonyl (C=O) groups excluding carboxylic acids is 1. The molecule has 0 aliphatic heterocycles. The van der Waals surface area contributed by atoms with E-state index in [0.717, 1.165) is 11.1 Å². The van der Waals surface area contributed by atoms with Crippen molar-refractivity contribution < 1.29 is 4.79 Å². The van der Waals surface area contributed by atoms with Gasteiger partial charge in [0.25, 0.3) is 0 Å². The van der Waals surface area contributed by atoms with Crippen molar-refractivity contribution in [3.05, 3.63) is 69.2 Å². The topological polar surface area (TPSA) is 56.0 Å². The summed E-state index contributed by atoms with van der Waals surface area (Å²) in [6.07, 6.45) is 5.37. The second-order valence-corrected chi connectivity index (χ2v) is 6.23. The lowest BCUT2D eigenvalue weighted by Crippen LogP contribution is -2.08. The predicted octanol–water partition coefficient (Wildman–Crippen LogP) is 3.93. The van der Waals surface area contributed by atoms with Gasteiger partial charge < -0.3 is 5.73 Å². The third kappa shape index (κ3) is 4.19. The van der Waals surface area contributed by atoms with Crippen molar-refractivity contribution in [1.82, 2.24) is 4.98 Å². The number of hydrogen-bond acceptors (Lipinski definition) is 4. The number of nitrogens with two attached hydrogens (primary N) is 1. The Balaban J connectivity index is 2.14. The minimum atomic E-state index is -0.0849. The van der Waals surface area contributed by atoms with Crippen molar-refractivity contribution in [3.63, 3.8) is 0 Å². The summed E-state index contributed by atoms with van der Waals surface area (Å²) in [4.78, 5) is 17.2. The summed E-state index contributed by atoms with van der Waals surface area (Å²) in [6.45, 7) is 3.74. The van der Waals surface area contributed by atoms with Crippen molar-refractivity contribution in [2.75, 3.05) is 0 Å². The van der Waals surface area contributed by atoms with Crippen LogP contribution in [0.5, 0.6) is 0 Å². The molecule has 0 aliphatic rings. The van der Waals surface area contributed by atoms with E-state index >= 15 is 0 Å². The van der Waals surface area contributed by atoms with Crippen LogP contribution in [0.4, 0.5) is 0 Å². The third-order valence-corrected chi connectivity index (χ3v) is 4.45. The molecule has 1 aromatic carbocycles. The van der Waals surface area contributed by atoms with Gasteiger partial charge in [-0.05, 0) is 25.5 Å². The molecule has 2 aromatic rings. The molecule has 0 bridgehead atoms. The van der Waals surface area contributed by atoms with Gasteiger partial charge in [0, 0.05) is 0 Å². The van der Waals surface area contributed by atoms with Crippen molar-refractivity contribution in [1.29, 1.82) is 0 Å². The molecule has 0 aliphatic carbocycles. The van der Waals surface area contributed by atoms with E-state index in [9.17, 15) is 4.79 Å². The first-order valence-corrected chi connectivity index (χ1v) is 7.93. The van der Waals surface area contributed by atoms with Gasteiger partial charge in [-0.15, -0.1) is 11.3 Å². The summed E-state index contributed by atoms with van der Waals surface area (Å²) < 4.78 is 0. The normalized spacial score (nSPS) is 11.8. The van der Waals surface area contributed by atoms with E-state index in [1.165, 1.54) is 11.3 Å². The Morgan fingerprint density at radius 1 is 1.27 bits per heavy atom. The Bertz CT molecular complexity index is 758. The lowest BCUT2D eigenvalue weighted by atomic mass is 10.1. The summed E-state index contributed by atoms with van der Waals surface area (Å²) >= 11 is 6.12. The third-order valence-electron chi connectivity index (χ3n) is 2.92. The summed E-state index contributed by atoms with van der Waals surface area (Å²) in [5.41, 5.74) is 8.30. The molecule has 0 unspecified atom stereocenters. The van der Waals surface area contributed by atoms with Gasteiger partial charge in [0.05, 0.1) is 10.6 Å². The molecule has 2 N–H and O–H groups in total. The van der Waals surface area contributed by atoms with E-state index in [-0.39, 0.29) is 10.8 Å². The molecule has 1 aromatic heterocycles. The van der Waals surface area contributed by atoms with E-state index in [2.05, 4.69) is 4.98 Å². The zero-order chi connectivity index (χ0) is 16.1. The molecule has 112 valence electrons. The number of allylic oxidation sites excluding steroid dienone is 3. The van der Waals surface area contributed by atoms with Crippen LogP contribution in [-0.4, -0.2) is 15.8 Å². The summed E-state index contributed by atoms with van der Waals surface area (Å²) in [6, 6.07) is 9.96. The Morgan fingerprint density at radius 3 is 2.55 bits per heavy atom. The van der Waals surface area contributed by atoms with E-state index < -0.39 is 0 Å². The largest absolute Gasteiger partial charge is 0.387 e. The average Bonchev–Trinajstić information content (AvgIpc) is 2.88. The first-order chi connectivity index (χ1) is 10.5. The molecule has 0 saturated carbocycles. The lowest BCUT2D eigenvalue weighted by Gasteiger charge is -1.95. The molecule has 0 radical (unpaired) electrons. The SMILES string of the molecule is C/C(C=CC(=O)c1sc(C(N)=S)nc1C)=C\c1ccccc1. The molecule has 3 nitrogen and oxygen atoms in total. The Kier molecular flexibility index (Phi) is 5.35. The Morgan fingerprint density at radius 2 is 1.95 bits per heavy atom. The van der Waals surface area contributed by atoms with Crippen LogP contribution in [0.1, 0.15) is 32.9 Å². The molecular weight excluding hydrogens is 312 g/mol. The molecule has 1 heterocycles. The monoisotopic (exact) mass is 328 g/mol. The highest BCUT2D eigenvalue weighted by atomic mass is 32.1. The number of hydrogen-bond donors (Lipinski definition) is 1. The van der Waals surface area contributed by atoms with E-state index in [1.807, 2.05) is 43.3 Å². The molecular formula is C17H16N2OS2. The van der Waals surface area contributed by atoms with Gasteiger partial charge >= 0.3 is 0 Å². The van der Waals surface area contributed by atoms with Crippen LogP contribution in [0, 0.1) is 6.92 Å². The van der Waals surface area contributed by atoms with Gasteiger partial charge in [-0.25, -0.2) is 4.98 Å². The van der Waals surface area contributed by atoms with Crippen LogP contribution in [-0.2, 0) is 0 Å². The molecule has 5 heteroatoms. The Labute approximate surface area is 139 Å².